The second-order valence-electron chi connectivity index (χ2n) is 6.43. The molecule has 0 saturated carbocycles. The Bertz CT molecular complexity index is 1370. The van der Waals surface area contributed by atoms with Crippen LogP contribution in [-0.2, 0) is 16.4 Å². The average Bonchev–Trinajstić information content (AvgIpc) is 3.02. The number of nitrogens with two attached hydrogens (primary N) is 1. The number of hydrogen-bond donors (Lipinski definition) is 2. The van der Waals surface area contributed by atoms with Crippen LogP contribution in [-0.4, -0.2) is 39.2 Å². The molecule has 4 aromatic rings. The number of aromatic nitrogens is 5. The third kappa shape index (κ3) is 3.76. The van der Waals surface area contributed by atoms with E-state index in [0.717, 1.165) is 18.4 Å². The first-order valence-corrected chi connectivity index (χ1v) is 10.5. The fourth-order valence-corrected chi connectivity index (χ4v) is 3.34. The lowest BCUT2D eigenvalue weighted by Gasteiger charge is -2.10. The van der Waals surface area contributed by atoms with Gasteiger partial charge >= 0.3 is 0 Å². The zero-order chi connectivity index (χ0) is 21.5. The molecule has 0 radical (unpaired) electrons. The topological polar surface area (TPSA) is 128 Å². The molecule has 0 unspecified atom stereocenters. The minimum atomic E-state index is -3.78. The van der Waals surface area contributed by atoms with Crippen LogP contribution in [0.5, 0.6) is 0 Å². The molecule has 9 nitrogen and oxygen atoms in total. The van der Waals surface area contributed by atoms with Crippen molar-refractivity contribution in [1.29, 1.82) is 0 Å². The van der Waals surface area contributed by atoms with Gasteiger partial charge in [-0.2, -0.15) is 0 Å². The Morgan fingerprint density at radius 2 is 2.00 bits per heavy atom. The highest BCUT2D eigenvalue weighted by molar-refractivity contribution is 7.90. The number of nitrogens with zero attached hydrogens (tertiary/aromatic N) is 5. The quantitative estimate of drug-likeness (QED) is 0.460. The molecule has 0 bridgehead atoms. The van der Waals surface area contributed by atoms with Crippen molar-refractivity contribution in [1.82, 2.24) is 24.6 Å². The van der Waals surface area contributed by atoms with E-state index in [-0.39, 0.29) is 29.4 Å². The highest BCUT2D eigenvalue weighted by Crippen LogP contribution is 2.29. The van der Waals surface area contributed by atoms with E-state index in [4.69, 9.17) is 5.73 Å². The van der Waals surface area contributed by atoms with E-state index in [9.17, 15) is 17.2 Å². The van der Waals surface area contributed by atoms with Crippen LogP contribution in [0.1, 0.15) is 5.56 Å². The maximum Gasteiger partial charge on any atom is 0.249 e. The zero-order valence-electron chi connectivity index (χ0n) is 15.5. The molecule has 30 heavy (non-hydrogen) atoms. The smallest absolute Gasteiger partial charge is 0.249 e. The van der Waals surface area contributed by atoms with Crippen LogP contribution in [0.15, 0.2) is 47.9 Å². The molecule has 0 aliphatic rings. The van der Waals surface area contributed by atoms with Crippen molar-refractivity contribution in [2.75, 3.05) is 17.3 Å². The van der Waals surface area contributed by atoms with Crippen molar-refractivity contribution in [3.63, 3.8) is 0 Å². The normalized spacial score (nSPS) is 11.7. The lowest BCUT2D eigenvalue weighted by Crippen LogP contribution is -2.10. The molecule has 154 valence electrons. The van der Waals surface area contributed by atoms with E-state index in [2.05, 4.69) is 25.4 Å². The summed E-state index contributed by atoms with van der Waals surface area (Å²) in [6.45, 7) is -0.0612. The molecule has 3 N–H and O–H groups in total. The van der Waals surface area contributed by atoms with Crippen LogP contribution in [0.2, 0.25) is 0 Å². The van der Waals surface area contributed by atoms with Gasteiger partial charge in [0.2, 0.25) is 15.0 Å². The Balaban J connectivity index is 1.79. The standard InChI is InChI=1S/C18H15F2N7O2S/c1-30(28,29)18-24-13(15-16(21)26-27-6-2-5-22-17(15)27)8-14(25-18)23-9-10-3-4-11(19)7-12(10)20/h2-8H,9H2,1H3,(H2,21,26)(H,23,24,25). The predicted molar refractivity (Wildman–Crippen MR) is 105 cm³/mol. The molecule has 0 saturated heterocycles. The number of halogens is 2. The van der Waals surface area contributed by atoms with Crippen molar-refractivity contribution in [3.8, 4) is 11.3 Å². The van der Waals surface area contributed by atoms with Crippen molar-refractivity contribution < 1.29 is 17.2 Å². The lowest BCUT2D eigenvalue weighted by atomic mass is 10.2. The number of benzene rings is 1. The Morgan fingerprint density at radius 3 is 2.73 bits per heavy atom. The monoisotopic (exact) mass is 431 g/mol. The number of sulfone groups is 1. The Hall–Kier alpha value is -3.67. The Morgan fingerprint density at radius 1 is 1.20 bits per heavy atom. The molecule has 0 atom stereocenters. The number of nitrogens with one attached hydrogen (secondary N) is 1. The van der Waals surface area contributed by atoms with Crippen molar-refractivity contribution >= 4 is 27.1 Å². The molecule has 12 heteroatoms. The van der Waals surface area contributed by atoms with Gasteiger partial charge in [0.05, 0.1) is 11.3 Å². The van der Waals surface area contributed by atoms with E-state index >= 15 is 0 Å². The zero-order valence-corrected chi connectivity index (χ0v) is 16.4. The number of nitrogen functional groups attached to an aromatic ring is 1. The van der Waals surface area contributed by atoms with Crippen LogP contribution in [0, 0.1) is 11.6 Å². The van der Waals surface area contributed by atoms with Gasteiger partial charge in [-0.3, -0.25) is 0 Å². The van der Waals surface area contributed by atoms with Gasteiger partial charge in [0.15, 0.2) is 11.5 Å². The first-order chi connectivity index (χ1) is 14.2. The van der Waals surface area contributed by atoms with E-state index in [1.807, 2.05) is 0 Å². The summed E-state index contributed by atoms with van der Waals surface area (Å²) in [5.74, 6) is -1.23. The van der Waals surface area contributed by atoms with E-state index in [1.165, 1.54) is 22.8 Å². The summed E-state index contributed by atoms with van der Waals surface area (Å²) in [4.78, 5) is 12.3. The van der Waals surface area contributed by atoms with E-state index in [1.54, 1.807) is 12.3 Å². The van der Waals surface area contributed by atoms with Gasteiger partial charge in [0, 0.05) is 42.9 Å². The maximum absolute atomic E-state index is 13.9. The van der Waals surface area contributed by atoms with Gasteiger partial charge in [-0.15, -0.1) is 5.10 Å². The number of anilines is 2. The average molecular weight is 431 g/mol. The second-order valence-corrected chi connectivity index (χ2v) is 8.34. The minimum absolute atomic E-state index is 0.0612. The summed E-state index contributed by atoms with van der Waals surface area (Å²) < 4.78 is 52.6. The summed E-state index contributed by atoms with van der Waals surface area (Å²) in [6.07, 6.45) is 4.14. The fourth-order valence-electron chi connectivity index (χ4n) is 2.81. The molecule has 0 fully saturated rings. The number of hydrogen-bond acceptors (Lipinski definition) is 8. The summed E-state index contributed by atoms with van der Waals surface area (Å²) in [5, 5.41) is 6.53. The van der Waals surface area contributed by atoms with Crippen LogP contribution in [0.4, 0.5) is 20.4 Å². The highest BCUT2D eigenvalue weighted by Gasteiger charge is 2.20. The fraction of sp³-hybridized carbons (Fsp3) is 0.111. The highest BCUT2D eigenvalue weighted by atomic mass is 32.2. The molecular weight excluding hydrogens is 416 g/mol. The van der Waals surface area contributed by atoms with Crippen LogP contribution in [0.25, 0.3) is 16.9 Å². The van der Waals surface area contributed by atoms with Gasteiger partial charge in [0.25, 0.3) is 0 Å². The molecule has 3 heterocycles. The number of fused-ring (bicyclic) bond motifs is 1. The van der Waals surface area contributed by atoms with Crippen LogP contribution < -0.4 is 11.1 Å². The summed E-state index contributed by atoms with van der Waals surface area (Å²) in [7, 11) is -3.78. The summed E-state index contributed by atoms with van der Waals surface area (Å²) >= 11 is 0. The SMILES string of the molecule is CS(=O)(=O)c1nc(NCc2ccc(F)cc2F)cc(-c2c(N)nn3cccnc23)n1. The molecule has 1 aromatic carbocycles. The first kappa shape index (κ1) is 19.6. The van der Waals surface area contributed by atoms with Crippen molar-refractivity contribution in [2.24, 2.45) is 0 Å². The molecule has 0 amide bonds. The second kappa shape index (κ2) is 7.30. The molecule has 0 spiro atoms. The Kier molecular flexibility index (Phi) is 4.78. The lowest BCUT2D eigenvalue weighted by molar-refractivity contribution is 0.573. The molecule has 0 aliphatic carbocycles. The van der Waals surface area contributed by atoms with Crippen LogP contribution >= 0.6 is 0 Å². The first-order valence-electron chi connectivity index (χ1n) is 8.58. The van der Waals surface area contributed by atoms with Gasteiger partial charge in [-0.25, -0.2) is 36.7 Å². The third-order valence-corrected chi connectivity index (χ3v) is 5.04. The Labute approximate surface area is 169 Å². The van der Waals surface area contributed by atoms with Gasteiger partial charge in [-0.05, 0) is 12.1 Å². The van der Waals surface area contributed by atoms with Crippen molar-refractivity contribution in [3.05, 3.63) is 59.9 Å². The molecule has 4 rings (SSSR count). The molecule has 3 aromatic heterocycles. The van der Waals surface area contributed by atoms with E-state index < -0.39 is 26.6 Å². The maximum atomic E-state index is 13.9. The van der Waals surface area contributed by atoms with Gasteiger partial charge < -0.3 is 11.1 Å². The number of rotatable bonds is 5. The van der Waals surface area contributed by atoms with Gasteiger partial charge in [-0.1, -0.05) is 6.07 Å². The summed E-state index contributed by atoms with van der Waals surface area (Å²) in [5.41, 5.74) is 7.07. The predicted octanol–water partition coefficient (Wildman–Crippen LogP) is 2.06. The van der Waals surface area contributed by atoms with Crippen molar-refractivity contribution in [2.45, 2.75) is 11.7 Å². The molecular formula is C18H15F2N7O2S. The third-order valence-electron chi connectivity index (χ3n) is 4.19. The minimum Gasteiger partial charge on any atom is -0.382 e. The van der Waals surface area contributed by atoms with Gasteiger partial charge in [0.1, 0.15) is 17.5 Å². The molecule has 0 aliphatic heterocycles. The largest absolute Gasteiger partial charge is 0.382 e. The van der Waals surface area contributed by atoms with Crippen LogP contribution in [0.3, 0.4) is 0 Å². The van der Waals surface area contributed by atoms with E-state index in [0.29, 0.717) is 11.2 Å². The summed E-state index contributed by atoms with van der Waals surface area (Å²) in [6, 6.07) is 6.28.